The number of aryl methyl sites for hydroxylation is 1. The fraction of sp³-hybridized carbons (Fsp3) is 0.105. The lowest BCUT2D eigenvalue weighted by molar-refractivity contribution is -0.115. The van der Waals surface area contributed by atoms with Gasteiger partial charge in [-0.05, 0) is 29.8 Å². The lowest BCUT2D eigenvalue weighted by Gasteiger charge is -2.04. The molecule has 6 nitrogen and oxygen atoms in total. The molecule has 7 heteroatoms. The molecule has 0 radical (unpaired) electrons. The predicted octanol–water partition coefficient (Wildman–Crippen LogP) is 3.62. The number of halogens is 1. The van der Waals surface area contributed by atoms with E-state index in [9.17, 15) is 9.59 Å². The maximum atomic E-state index is 12.3. The molecule has 2 N–H and O–H groups in total. The minimum atomic E-state index is -0.341. The van der Waals surface area contributed by atoms with Crippen molar-refractivity contribution in [2.45, 2.75) is 6.42 Å². The van der Waals surface area contributed by atoms with Crippen molar-refractivity contribution in [3.05, 3.63) is 76.4 Å². The highest BCUT2D eigenvalue weighted by atomic mass is 79.9. The summed E-state index contributed by atoms with van der Waals surface area (Å²) in [7, 11) is 1.68. The Kier molecular flexibility index (Phi) is 5.48. The van der Waals surface area contributed by atoms with E-state index in [1.807, 2.05) is 42.5 Å². The Morgan fingerprint density at radius 3 is 2.42 bits per heavy atom. The van der Waals surface area contributed by atoms with E-state index in [0.717, 1.165) is 10.0 Å². The fourth-order valence-electron chi connectivity index (χ4n) is 2.39. The Morgan fingerprint density at radius 2 is 1.73 bits per heavy atom. The van der Waals surface area contributed by atoms with Gasteiger partial charge in [0.1, 0.15) is 5.82 Å². The zero-order valence-corrected chi connectivity index (χ0v) is 15.7. The maximum absolute atomic E-state index is 12.3. The lowest BCUT2D eigenvalue weighted by atomic mass is 10.1. The summed E-state index contributed by atoms with van der Waals surface area (Å²) in [6.45, 7) is 0. The Bertz CT molecular complexity index is 920. The molecular formula is C19H17BrN4O2. The normalized spacial score (nSPS) is 10.4. The van der Waals surface area contributed by atoms with Crippen molar-refractivity contribution in [2.24, 2.45) is 7.05 Å². The number of carbonyl (C=O) groups is 2. The van der Waals surface area contributed by atoms with Crippen LogP contribution >= 0.6 is 15.9 Å². The second kappa shape index (κ2) is 7.97. The molecule has 0 saturated heterocycles. The summed E-state index contributed by atoms with van der Waals surface area (Å²) < 4.78 is 2.40. The van der Waals surface area contributed by atoms with Gasteiger partial charge in [0.15, 0.2) is 5.69 Å². The van der Waals surface area contributed by atoms with Gasteiger partial charge in [0.2, 0.25) is 5.91 Å². The lowest BCUT2D eigenvalue weighted by Crippen LogP contribution is -2.16. The van der Waals surface area contributed by atoms with E-state index < -0.39 is 0 Å². The molecule has 0 aliphatic rings. The van der Waals surface area contributed by atoms with Crippen molar-refractivity contribution in [2.75, 3.05) is 10.6 Å². The topological polar surface area (TPSA) is 76.0 Å². The van der Waals surface area contributed by atoms with Gasteiger partial charge in [-0.1, -0.05) is 46.3 Å². The first kappa shape index (κ1) is 17.9. The minimum absolute atomic E-state index is 0.168. The molecule has 0 aliphatic carbocycles. The van der Waals surface area contributed by atoms with Crippen LogP contribution in [0, 0.1) is 0 Å². The van der Waals surface area contributed by atoms with Gasteiger partial charge in [0, 0.05) is 23.3 Å². The van der Waals surface area contributed by atoms with Gasteiger partial charge in [0.25, 0.3) is 5.91 Å². The van der Waals surface area contributed by atoms with Crippen molar-refractivity contribution in [1.29, 1.82) is 0 Å². The second-order valence-corrected chi connectivity index (χ2v) is 6.63. The summed E-state index contributed by atoms with van der Waals surface area (Å²) in [6.07, 6.45) is 0.256. The van der Waals surface area contributed by atoms with E-state index in [-0.39, 0.29) is 23.9 Å². The number of nitrogens with zero attached hydrogens (tertiary/aromatic N) is 2. The molecule has 0 fully saturated rings. The molecule has 132 valence electrons. The van der Waals surface area contributed by atoms with Crippen LogP contribution < -0.4 is 10.6 Å². The summed E-state index contributed by atoms with van der Waals surface area (Å²) in [6, 6.07) is 18.2. The van der Waals surface area contributed by atoms with Crippen LogP contribution in [-0.2, 0) is 18.3 Å². The molecule has 26 heavy (non-hydrogen) atoms. The van der Waals surface area contributed by atoms with Crippen LogP contribution in [-0.4, -0.2) is 21.6 Å². The number of nitrogens with one attached hydrogen (secondary N) is 2. The summed E-state index contributed by atoms with van der Waals surface area (Å²) in [4.78, 5) is 24.5. The highest BCUT2D eigenvalue weighted by Gasteiger charge is 2.15. The summed E-state index contributed by atoms with van der Waals surface area (Å²) in [5.74, 6) is -0.0440. The molecule has 3 aromatic rings. The number of rotatable bonds is 5. The van der Waals surface area contributed by atoms with Crippen molar-refractivity contribution < 1.29 is 9.59 Å². The smallest absolute Gasteiger partial charge is 0.276 e. The third kappa shape index (κ3) is 4.58. The first-order valence-electron chi connectivity index (χ1n) is 7.96. The van der Waals surface area contributed by atoms with E-state index in [1.54, 1.807) is 25.2 Å². The van der Waals surface area contributed by atoms with Gasteiger partial charge >= 0.3 is 0 Å². The predicted molar refractivity (Wildman–Crippen MR) is 104 cm³/mol. The summed E-state index contributed by atoms with van der Waals surface area (Å²) >= 11 is 3.35. The van der Waals surface area contributed by atoms with Gasteiger partial charge < -0.3 is 10.6 Å². The Balaban J connectivity index is 1.65. The number of carbonyl (C=O) groups excluding carboxylic acids is 2. The van der Waals surface area contributed by atoms with E-state index in [2.05, 4.69) is 31.7 Å². The first-order chi connectivity index (χ1) is 12.5. The maximum Gasteiger partial charge on any atom is 0.276 e. The third-order valence-corrected chi connectivity index (χ3v) is 4.22. The molecule has 0 saturated carbocycles. The van der Waals surface area contributed by atoms with Crippen LogP contribution in [0.5, 0.6) is 0 Å². The van der Waals surface area contributed by atoms with Crippen LogP contribution in [0.1, 0.15) is 16.1 Å². The molecule has 0 unspecified atom stereocenters. The number of amides is 2. The van der Waals surface area contributed by atoms with Gasteiger partial charge in [-0.2, -0.15) is 5.10 Å². The van der Waals surface area contributed by atoms with Gasteiger partial charge in [-0.15, -0.1) is 0 Å². The SMILES string of the molecule is Cn1nc(C(=O)Nc2ccc(Br)cc2)cc1NC(=O)Cc1ccccc1. The van der Waals surface area contributed by atoms with E-state index in [1.165, 1.54) is 4.68 Å². The molecule has 1 aromatic heterocycles. The Labute approximate surface area is 159 Å². The van der Waals surface area contributed by atoms with Crippen LogP contribution in [0.25, 0.3) is 0 Å². The number of hydrogen-bond donors (Lipinski definition) is 2. The van der Waals surface area contributed by atoms with E-state index in [4.69, 9.17) is 0 Å². The number of hydrogen-bond acceptors (Lipinski definition) is 3. The van der Waals surface area contributed by atoms with Gasteiger partial charge in [-0.3, -0.25) is 14.3 Å². The number of anilines is 2. The summed E-state index contributed by atoms with van der Waals surface area (Å²) in [5, 5.41) is 9.72. The largest absolute Gasteiger partial charge is 0.321 e. The van der Waals surface area contributed by atoms with E-state index in [0.29, 0.717) is 11.5 Å². The molecule has 0 spiro atoms. The average Bonchev–Trinajstić information content (AvgIpc) is 2.98. The molecule has 2 aromatic carbocycles. The van der Waals surface area contributed by atoms with Crippen molar-refractivity contribution >= 4 is 39.2 Å². The standard InChI is InChI=1S/C19H17BrN4O2/c1-24-17(22-18(25)11-13-5-3-2-4-6-13)12-16(23-24)19(26)21-15-9-7-14(20)8-10-15/h2-10,12H,11H2,1H3,(H,21,26)(H,22,25). The van der Waals surface area contributed by atoms with Crippen molar-refractivity contribution in [1.82, 2.24) is 9.78 Å². The zero-order valence-electron chi connectivity index (χ0n) is 14.1. The first-order valence-corrected chi connectivity index (χ1v) is 8.75. The molecule has 0 bridgehead atoms. The second-order valence-electron chi connectivity index (χ2n) is 5.71. The quantitative estimate of drug-likeness (QED) is 0.671. The van der Waals surface area contributed by atoms with Crippen molar-refractivity contribution in [3.63, 3.8) is 0 Å². The third-order valence-electron chi connectivity index (χ3n) is 3.69. The van der Waals surface area contributed by atoms with Crippen LogP contribution in [0.2, 0.25) is 0 Å². The van der Waals surface area contributed by atoms with Crippen molar-refractivity contribution in [3.8, 4) is 0 Å². The van der Waals surface area contributed by atoms with Gasteiger partial charge in [-0.25, -0.2) is 0 Å². The average molecular weight is 413 g/mol. The molecule has 3 rings (SSSR count). The fourth-order valence-corrected chi connectivity index (χ4v) is 2.66. The highest BCUT2D eigenvalue weighted by molar-refractivity contribution is 9.10. The van der Waals surface area contributed by atoms with Gasteiger partial charge in [0.05, 0.1) is 6.42 Å². The number of benzene rings is 2. The zero-order chi connectivity index (χ0) is 18.5. The summed E-state index contributed by atoms with van der Waals surface area (Å²) in [5.41, 5.74) is 1.81. The van der Waals surface area contributed by atoms with Crippen LogP contribution in [0.3, 0.4) is 0 Å². The monoisotopic (exact) mass is 412 g/mol. The highest BCUT2D eigenvalue weighted by Crippen LogP contribution is 2.16. The van der Waals surface area contributed by atoms with Crippen LogP contribution in [0.4, 0.5) is 11.5 Å². The van der Waals surface area contributed by atoms with Crippen LogP contribution in [0.15, 0.2) is 65.1 Å². The Morgan fingerprint density at radius 1 is 1.04 bits per heavy atom. The molecule has 0 aliphatic heterocycles. The molecule has 2 amide bonds. The molecule has 0 atom stereocenters. The molecule has 1 heterocycles. The Hall–Kier alpha value is -2.93. The number of aromatic nitrogens is 2. The van der Waals surface area contributed by atoms with E-state index >= 15 is 0 Å². The molecular weight excluding hydrogens is 396 g/mol. The minimum Gasteiger partial charge on any atom is -0.321 e.